The number of para-hydroxylation sites is 1. The molecule has 0 saturated carbocycles. The third kappa shape index (κ3) is 3.84. The molecule has 0 radical (unpaired) electrons. The molecule has 2 N–H and O–H groups in total. The predicted molar refractivity (Wildman–Crippen MR) is 117 cm³/mol. The van der Waals surface area contributed by atoms with E-state index in [4.69, 9.17) is 10.6 Å². The van der Waals surface area contributed by atoms with Gasteiger partial charge in [-0.2, -0.15) is 0 Å². The SMILES string of the molecule is COc1ccccc1-c1nnc(SC(c2ccccc2)c2ccccc2C)n1N. The minimum absolute atomic E-state index is 0.0504. The molecule has 6 heteroatoms. The number of hydrogen-bond acceptors (Lipinski definition) is 5. The quantitative estimate of drug-likeness (QED) is 0.369. The lowest BCUT2D eigenvalue weighted by atomic mass is 10.0. The molecule has 0 aliphatic carbocycles. The molecular weight excluding hydrogens is 380 g/mol. The largest absolute Gasteiger partial charge is 0.496 e. The number of ether oxygens (including phenoxy) is 1. The van der Waals surface area contributed by atoms with Gasteiger partial charge >= 0.3 is 0 Å². The van der Waals surface area contributed by atoms with Crippen LogP contribution in [0.15, 0.2) is 84.0 Å². The zero-order valence-corrected chi connectivity index (χ0v) is 17.1. The van der Waals surface area contributed by atoms with Crippen molar-refractivity contribution in [2.45, 2.75) is 17.3 Å². The first-order valence-corrected chi connectivity index (χ1v) is 10.2. The minimum atomic E-state index is 0.0504. The highest BCUT2D eigenvalue weighted by Crippen LogP contribution is 2.41. The number of aryl methyl sites for hydroxylation is 1. The van der Waals surface area contributed by atoms with Crippen LogP contribution in [0.2, 0.25) is 0 Å². The molecule has 0 spiro atoms. The Kier molecular flexibility index (Phi) is 5.53. The van der Waals surface area contributed by atoms with Crippen LogP contribution in [0.3, 0.4) is 0 Å². The van der Waals surface area contributed by atoms with Crippen LogP contribution in [0, 0.1) is 6.92 Å². The van der Waals surface area contributed by atoms with E-state index < -0.39 is 0 Å². The van der Waals surface area contributed by atoms with Gasteiger partial charge in [-0.1, -0.05) is 78.5 Å². The van der Waals surface area contributed by atoms with Gasteiger partial charge in [0.05, 0.1) is 17.9 Å². The van der Waals surface area contributed by atoms with E-state index in [1.165, 1.54) is 21.4 Å². The number of thioether (sulfide) groups is 1. The zero-order valence-electron chi connectivity index (χ0n) is 16.3. The second-order valence-electron chi connectivity index (χ2n) is 6.64. The van der Waals surface area contributed by atoms with E-state index in [2.05, 4.69) is 65.7 Å². The molecule has 4 aromatic rings. The molecule has 0 aliphatic heterocycles. The lowest BCUT2D eigenvalue weighted by Crippen LogP contribution is -2.13. The standard InChI is InChI=1S/C23H22N4OS/c1-16-10-6-7-13-18(16)21(17-11-4-3-5-12-17)29-23-26-25-22(27(23)24)19-14-8-9-15-20(19)28-2/h3-15,21H,24H2,1-2H3. The first-order chi connectivity index (χ1) is 14.2. The highest BCUT2D eigenvalue weighted by Gasteiger charge is 2.22. The Morgan fingerprint density at radius 2 is 1.59 bits per heavy atom. The summed E-state index contributed by atoms with van der Waals surface area (Å²) in [5.41, 5.74) is 4.45. The van der Waals surface area contributed by atoms with Crippen LogP contribution in [0.25, 0.3) is 11.4 Å². The third-order valence-electron chi connectivity index (χ3n) is 4.81. The topological polar surface area (TPSA) is 66.0 Å². The molecular formula is C23H22N4OS. The Balaban J connectivity index is 1.74. The molecule has 1 unspecified atom stereocenters. The summed E-state index contributed by atoms with van der Waals surface area (Å²) in [4.78, 5) is 0. The average molecular weight is 403 g/mol. The molecule has 146 valence electrons. The van der Waals surface area contributed by atoms with Crippen molar-refractivity contribution in [1.82, 2.24) is 14.9 Å². The second-order valence-corrected chi connectivity index (χ2v) is 7.71. The van der Waals surface area contributed by atoms with Gasteiger partial charge in [-0.05, 0) is 35.7 Å². The summed E-state index contributed by atoms with van der Waals surface area (Å²) in [6.45, 7) is 2.12. The lowest BCUT2D eigenvalue weighted by molar-refractivity contribution is 0.416. The molecule has 5 nitrogen and oxygen atoms in total. The molecule has 1 atom stereocenters. The number of nitrogens with zero attached hydrogens (tertiary/aromatic N) is 3. The lowest BCUT2D eigenvalue weighted by Gasteiger charge is -2.19. The Morgan fingerprint density at radius 1 is 0.897 bits per heavy atom. The van der Waals surface area contributed by atoms with Gasteiger partial charge < -0.3 is 10.6 Å². The van der Waals surface area contributed by atoms with Gasteiger partial charge in [0.2, 0.25) is 5.16 Å². The van der Waals surface area contributed by atoms with Crippen molar-refractivity contribution < 1.29 is 4.74 Å². The van der Waals surface area contributed by atoms with Crippen molar-refractivity contribution in [3.63, 3.8) is 0 Å². The third-order valence-corrected chi connectivity index (χ3v) is 6.06. The second kappa shape index (κ2) is 8.41. The summed E-state index contributed by atoms with van der Waals surface area (Å²) in [5, 5.41) is 9.42. The first-order valence-electron chi connectivity index (χ1n) is 9.30. The summed E-state index contributed by atoms with van der Waals surface area (Å²) in [6.07, 6.45) is 0. The molecule has 0 amide bonds. The average Bonchev–Trinajstić information content (AvgIpc) is 3.13. The molecule has 0 saturated heterocycles. The summed E-state index contributed by atoms with van der Waals surface area (Å²) < 4.78 is 6.99. The van der Waals surface area contributed by atoms with Crippen LogP contribution in [0.1, 0.15) is 21.9 Å². The van der Waals surface area contributed by atoms with Gasteiger partial charge in [0.25, 0.3) is 0 Å². The monoisotopic (exact) mass is 402 g/mol. The van der Waals surface area contributed by atoms with Crippen molar-refractivity contribution in [3.8, 4) is 17.1 Å². The fraction of sp³-hybridized carbons (Fsp3) is 0.130. The van der Waals surface area contributed by atoms with Crippen LogP contribution in [-0.4, -0.2) is 22.0 Å². The number of hydrogen-bond donors (Lipinski definition) is 1. The Hall–Kier alpha value is -3.25. The maximum absolute atomic E-state index is 6.42. The van der Waals surface area contributed by atoms with E-state index >= 15 is 0 Å². The van der Waals surface area contributed by atoms with Gasteiger partial charge in [-0.15, -0.1) is 10.2 Å². The van der Waals surface area contributed by atoms with E-state index in [9.17, 15) is 0 Å². The number of rotatable bonds is 6. The molecule has 29 heavy (non-hydrogen) atoms. The van der Waals surface area contributed by atoms with Crippen molar-refractivity contribution in [2.24, 2.45) is 0 Å². The van der Waals surface area contributed by atoms with Gasteiger partial charge in [0.15, 0.2) is 5.82 Å². The van der Waals surface area contributed by atoms with Crippen molar-refractivity contribution >= 4 is 11.8 Å². The number of nitrogens with two attached hydrogens (primary N) is 1. The normalized spacial score (nSPS) is 11.9. The fourth-order valence-electron chi connectivity index (χ4n) is 3.30. The number of methoxy groups -OCH3 is 1. The first kappa shape index (κ1) is 19.1. The zero-order chi connectivity index (χ0) is 20.2. The van der Waals surface area contributed by atoms with E-state index in [0.717, 1.165) is 5.56 Å². The van der Waals surface area contributed by atoms with Crippen LogP contribution < -0.4 is 10.6 Å². The summed E-state index contributed by atoms with van der Waals surface area (Å²) in [6, 6.07) is 26.4. The maximum atomic E-state index is 6.42. The molecule has 1 aromatic heterocycles. The molecule has 1 heterocycles. The van der Waals surface area contributed by atoms with E-state index in [0.29, 0.717) is 16.7 Å². The summed E-state index contributed by atoms with van der Waals surface area (Å²) in [5.74, 6) is 7.70. The van der Waals surface area contributed by atoms with Crippen molar-refractivity contribution in [1.29, 1.82) is 0 Å². The van der Waals surface area contributed by atoms with Gasteiger partial charge in [0, 0.05) is 0 Å². The fourth-order valence-corrected chi connectivity index (χ4v) is 4.48. The van der Waals surface area contributed by atoms with Crippen LogP contribution >= 0.6 is 11.8 Å². The Bertz CT molecular complexity index is 1110. The van der Waals surface area contributed by atoms with E-state index in [1.54, 1.807) is 18.9 Å². The van der Waals surface area contributed by atoms with Crippen molar-refractivity contribution in [3.05, 3.63) is 95.6 Å². The number of nitrogen functional groups attached to an aromatic ring is 1. The Morgan fingerprint density at radius 3 is 2.34 bits per heavy atom. The Labute approximate surface area is 174 Å². The van der Waals surface area contributed by atoms with Gasteiger partial charge in [0.1, 0.15) is 5.75 Å². The summed E-state index contributed by atoms with van der Waals surface area (Å²) >= 11 is 1.59. The molecule has 4 rings (SSSR count). The predicted octanol–water partition coefficient (Wildman–Crippen LogP) is 4.86. The molecule has 3 aromatic carbocycles. The number of benzene rings is 3. The maximum Gasteiger partial charge on any atom is 0.211 e. The highest BCUT2D eigenvalue weighted by atomic mass is 32.2. The van der Waals surface area contributed by atoms with E-state index in [-0.39, 0.29) is 5.25 Å². The summed E-state index contributed by atoms with van der Waals surface area (Å²) in [7, 11) is 1.63. The van der Waals surface area contributed by atoms with Gasteiger partial charge in [-0.25, -0.2) is 4.68 Å². The smallest absolute Gasteiger partial charge is 0.211 e. The highest BCUT2D eigenvalue weighted by molar-refractivity contribution is 7.99. The minimum Gasteiger partial charge on any atom is -0.496 e. The van der Waals surface area contributed by atoms with E-state index in [1.807, 2.05) is 30.3 Å². The van der Waals surface area contributed by atoms with Gasteiger partial charge in [-0.3, -0.25) is 0 Å². The van der Waals surface area contributed by atoms with Crippen LogP contribution in [-0.2, 0) is 0 Å². The van der Waals surface area contributed by atoms with Crippen LogP contribution in [0.5, 0.6) is 5.75 Å². The van der Waals surface area contributed by atoms with Crippen molar-refractivity contribution in [2.75, 3.05) is 13.0 Å². The number of aromatic nitrogens is 3. The molecule has 0 aliphatic rings. The van der Waals surface area contributed by atoms with Crippen LogP contribution in [0.4, 0.5) is 0 Å². The molecule has 0 fully saturated rings. The molecule has 0 bridgehead atoms.